The Kier molecular flexibility index (Phi) is 3.62. The van der Waals surface area contributed by atoms with Crippen molar-refractivity contribution in [1.82, 2.24) is 9.97 Å². The van der Waals surface area contributed by atoms with Crippen LogP contribution in [-0.2, 0) is 11.3 Å². The number of carbonyl (C=O) groups is 1. The van der Waals surface area contributed by atoms with Gasteiger partial charge >= 0.3 is 5.97 Å². The lowest BCUT2D eigenvalue weighted by Gasteiger charge is -2.06. The summed E-state index contributed by atoms with van der Waals surface area (Å²) < 4.78 is 4.64. The van der Waals surface area contributed by atoms with Gasteiger partial charge in [0.25, 0.3) is 0 Å². The van der Waals surface area contributed by atoms with Crippen LogP contribution < -0.4 is 5.32 Å². The van der Waals surface area contributed by atoms with Gasteiger partial charge in [0, 0.05) is 11.4 Å². The second kappa shape index (κ2) is 5.35. The zero-order valence-electron chi connectivity index (χ0n) is 10.4. The highest BCUT2D eigenvalue weighted by Gasteiger charge is 2.04. The van der Waals surface area contributed by atoms with Crippen LogP contribution in [0.5, 0.6) is 0 Å². The molecule has 0 amide bonds. The summed E-state index contributed by atoms with van der Waals surface area (Å²) >= 11 is 0. The molecular weight excluding hydrogens is 230 g/mol. The second-order valence-electron chi connectivity index (χ2n) is 3.90. The Morgan fingerprint density at radius 3 is 2.67 bits per heavy atom. The Morgan fingerprint density at radius 2 is 2.11 bits per heavy atom. The van der Waals surface area contributed by atoms with Gasteiger partial charge < -0.3 is 15.0 Å². The monoisotopic (exact) mass is 245 g/mol. The number of aromatic amines is 1. The van der Waals surface area contributed by atoms with E-state index < -0.39 is 0 Å². The SMILES string of the molecule is COC(=O)c1ccc(NCc2nc[nH]c2C)cc1. The van der Waals surface area contributed by atoms with Gasteiger partial charge in [0.2, 0.25) is 0 Å². The molecule has 0 radical (unpaired) electrons. The molecule has 0 saturated carbocycles. The Labute approximate surface area is 105 Å². The van der Waals surface area contributed by atoms with Gasteiger partial charge in [0.1, 0.15) is 0 Å². The maximum atomic E-state index is 11.3. The van der Waals surface area contributed by atoms with Gasteiger partial charge in [-0.25, -0.2) is 9.78 Å². The zero-order chi connectivity index (χ0) is 13.0. The van der Waals surface area contributed by atoms with Gasteiger partial charge in [0.05, 0.1) is 31.2 Å². The van der Waals surface area contributed by atoms with Crippen molar-refractivity contribution in [2.75, 3.05) is 12.4 Å². The summed E-state index contributed by atoms with van der Waals surface area (Å²) in [5, 5.41) is 3.24. The van der Waals surface area contributed by atoms with Crippen LogP contribution in [0, 0.1) is 6.92 Å². The number of carbonyl (C=O) groups excluding carboxylic acids is 1. The van der Waals surface area contributed by atoms with Crippen molar-refractivity contribution >= 4 is 11.7 Å². The number of methoxy groups -OCH3 is 1. The summed E-state index contributed by atoms with van der Waals surface area (Å²) in [5.41, 5.74) is 3.50. The Balaban J connectivity index is 1.98. The fourth-order valence-electron chi connectivity index (χ4n) is 1.59. The molecule has 94 valence electrons. The van der Waals surface area contributed by atoms with Crippen molar-refractivity contribution in [3.05, 3.63) is 47.5 Å². The third-order valence-electron chi connectivity index (χ3n) is 2.70. The van der Waals surface area contributed by atoms with Gasteiger partial charge in [-0.2, -0.15) is 0 Å². The Hall–Kier alpha value is -2.30. The minimum absolute atomic E-state index is 0.329. The summed E-state index contributed by atoms with van der Waals surface area (Å²) in [6, 6.07) is 7.14. The number of nitrogens with one attached hydrogen (secondary N) is 2. The van der Waals surface area contributed by atoms with Crippen molar-refractivity contribution in [2.24, 2.45) is 0 Å². The third-order valence-corrected chi connectivity index (χ3v) is 2.70. The fraction of sp³-hybridized carbons (Fsp3) is 0.231. The first-order chi connectivity index (χ1) is 8.70. The first-order valence-electron chi connectivity index (χ1n) is 5.62. The number of anilines is 1. The molecule has 0 atom stereocenters. The van der Waals surface area contributed by atoms with E-state index in [9.17, 15) is 4.79 Å². The highest BCUT2D eigenvalue weighted by Crippen LogP contribution is 2.12. The van der Waals surface area contributed by atoms with Gasteiger partial charge in [-0.1, -0.05) is 0 Å². The normalized spacial score (nSPS) is 10.1. The molecule has 1 aromatic heterocycles. The largest absolute Gasteiger partial charge is 0.465 e. The molecule has 5 heteroatoms. The van der Waals surface area contributed by atoms with Gasteiger partial charge in [-0.3, -0.25) is 0 Å². The number of hydrogen-bond donors (Lipinski definition) is 2. The van der Waals surface area contributed by atoms with Crippen LogP contribution >= 0.6 is 0 Å². The number of hydrogen-bond acceptors (Lipinski definition) is 4. The molecule has 0 aliphatic heterocycles. The van der Waals surface area contributed by atoms with Crippen molar-refractivity contribution in [3.63, 3.8) is 0 Å². The number of H-pyrrole nitrogens is 1. The van der Waals surface area contributed by atoms with E-state index >= 15 is 0 Å². The molecule has 2 rings (SSSR count). The van der Waals surface area contributed by atoms with Crippen LogP contribution in [0.4, 0.5) is 5.69 Å². The fourth-order valence-corrected chi connectivity index (χ4v) is 1.59. The Morgan fingerprint density at radius 1 is 1.39 bits per heavy atom. The van der Waals surface area contributed by atoms with Crippen LogP contribution in [-0.4, -0.2) is 23.0 Å². The average molecular weight is 245 g/mol. The molecule has 2 N–H and O–H groups in total. The molecule has 0 unspecified atom stereocenters. The van der Waals surface area contributed by atoms with Crippen LogP contribution in [0.25, 0.3) is 0 Å². The molecule has 0 fully saturated rings. The van der Waals surface area contributed by atoms with Crippen molar-refractivity contribution < 1.29 is 9.53 Å². The van der Waals surface area contributed by atoms with E-state index in [4.69, 9.17) is 0 Å². The van der Waals surface area contributed by atoms with E-state index in [2.05, 4.69) is 20.0 Å². The maximum absolute atomic E-state index is 11.3. The number of aryl methyl sites for hydroxylation is 1. The van der Waals surface area contributed by atoms with Crippen LogP contribution in [0.2, 0.25) is 0 Å². The molecule has 18 heavy (non-hydrogen) atoms. The molecule has 0 aliphatic carbocycles. The van der Waals surface area contributed by atoms with E-state index in [-0.39, 0.29) is 5.97 Å². The topological polar surface area (TPSA) is 67.0 Å². The quantitative estimate of drug-likeness (QED) is 0.810. The minimum Gasteiger partial charge on any atom is -0.465 e. The Bertz CT molecular complexity index is 531. The van der Waals surface area contributed by atoms with Gasteiger partial charge in [-0.15, -0.1) is 0 Å². The lowest BCUT2D eigenvalue weighted by molar-refractivity contribution is 0.0601. The molecule has 5 nitrogen and oxygen atoms in total. The summed E-state index contributed by atoms with van der Waals surface area (Å²) in [6.45, 7) is 2.62. The summed E-state index contributed by atoms with van der Waals surface area (Å²) in [4.78, 5) is 18.5. The van der Waals surface area contributed by atoms with Crippen molar-refractivity contribution in [1.29, 1.82) is 0 Å². The molecule has 1 aromatic carbocycles. The first kappa shape index (κ1) is 12.2. The maximum Gasteiger partial charge on any atom is 0.337 e. The molecule has 2 aromatic rings. The lowest BCUT2D eigenvalue weighted by atomic mass is 10.2. The molecule has 0 spiro atoms. The summed E-state index contributed by atoms with van der Waals surface area (Å²) in [7, 11) is 1.37. The second-order valence-corrected chi connectivity index (χ2v) is 3.90. The molecule has 0 bridgehead atoms. The van der Waals surface area contributed by atoms with E-state index in [1.807, 2.05) is 19.1 Å². The van der Waals surface area contributed by atoms with E-state index in [0.717, 1.165) is 17.1 Å². The first-order valence-corrected chi connectivity index (χ1v) is 5.62. The number of nitrogens with zero attached hydrogens (tertiary/aromatic N) is 1. The minimum atomic E-state index is -0.329. The number of aromatic nitrogens is 2. The number of benzene rings is 1. The number of ether oxygens (including phenoxy) is 1. The zero-order valence-corrected chi connectivity index (χ0v) is 10.4. The predicted octanol–water partition coefficient (Wildman–Crippen LogP) is 2.12. The van der Waals surface area contributed by atoms with Crippen LogP contribution in [0.3, 0.4) is 0 Å². The molecular formula is C13H15N3O2. The standard InChI is InChI=1S/C13H15N3O2/c1-9-12(16-8-15-9)7-14-11-5-3-10(4-6-11)13(17)18-2/h3-6,8,14H,7H2,1-2H3,(H,15,16). The molecule has 0 saturated heterocycles. The molecule has 0 aliphatic rings. The van der Waals surface area contributed by atoms with Crippen LogP contribution in [0.15, 0.2) is 30.6 Å². The van der Waals surface area contributed by atoms with Crippen molar-refractivity contribution in [3.8, 4) is 0 Å². The van der Waals surface area contributed by atoms with Gasteiger partial charge in [-0.05, 0) is 31.2 Å². The van der Waals surface area contributed by atoms with E-state index in [1.165, 1.54) is 7.11 Å². The molecule has 1 heterocycles. The van der Waals surface area contributed by atoms with Crippen molar-refractivity contribution in [2.45, 2.75) is 13.5 Å². The highest BCUT2D eigenvalue weighted by molar-refractivity contribution is 5.89. The van der Waals surface area contributed by atoms with Gasteiger partial charge in [0.15, 0.2) is 0 Å². The predicted molar refractivity (Wildman–Crippen MR) is 68.4 cm³/mol. The number of rotatable bonds is 4. The average Bonchev–Trinajstić information content (AvgIpc) is 2.81. The lowest BCUT2D eigenvalue weighted by Crippen LogP contribution is -2.03. The van der Waals surface area contributed by atoms with E-state index in [0.29, 0.717) is 12.1 Å². The highest BCUT2D eigenvalue weighted by atomic mass is 16.5. The smallest absolute Gasteiger partial charge is 0.337 e. The van der Waals surface area contributed by atoms with E-state index in [1.54, 1.807) is 18.5 Å². The third kappa shape index (κ3) is 2.68. The number of esters is 1. The van der Waals surface area contributed by atoms with Crippen LogP contribution in [0.1, 0.15) is 21.7 Å². The number of imidazole rings is 1. The summed E-state index contributed by atoms with van der Waals surface area (Å²) in [6.07, 6.45) is 1.67. The summed E-state index contributed by atoms with van der Waals surface area (Å²) in [5.74, 6) is -0.329.